The number of hydroxylamine groups is 1. The van der Waals surface area contributed by atoms with Crippen LogP contribution in [0.5, 0.6) is 0 Å². The van der Waals surface area contributed by atoms with Crippen LogP contribution in [0.15, 0.2) is 48.0 Å². The number of rotatable bonds is 8. The lowest BCUT2D eigenvalue weighted by Crippen LogP contribution is -2.66. The number of nitrogens with zero attached hydrogens (tertiary/aromatic N) is 3. The van der Waals surface area contributed by atoms with Crippen LogP contribution >= 0.6 is 34.8 Å². The van der Waals surface area contributed by atoms with Gasteiger partial charge in [0.15, 0.2) is 18.4 Å². The number of carbonyl (C=O) groups is 2. The number of ether oxygens (including phenoxy) is 2. The van der Waals surface area contributed by atoms with Crippen molar-refractivity contribution < 1.29 is 34.1 Å². The number of hydrogen-bond acceptors (Lipinski definition) is 11. The number of para-hydroxylation sites is 1. The molecular weight excluding hydrogens is 755 g/mol. The third kappa shape index (κ3) is 7.29. The van der Waals surface area contributed by atoms with Gasteiger partial charge in [-0.05, 0) is 66.9 Å². The summed E-state index contributed by atoms with van der Waals surface area (Å²) in [7, 11) is 1.69. The van der Waals surface area contributed by atoms with E-state index < -0.39 is 47.6 Å². The summed E-state index contributed by atoms with van der Waals surface area (Å²) in [5.74, 6) is -1.49. The van der Waals surface area contributed by atoms with E-state index in [0.29, 0.717) is 32.7 Å². The predicted molar refractivity (Wildman–Crippen MR) is 207 cm³/mol. The first-order valence-corrected chi connectivity index (χ1v) is 20.1. The summed E-state index contributed by atoms with van der Waals surface area (Å²) in [6, 6.07) is 10.0. The molecule has 2 aromatic rings. The molecule has 3 fully saturated rings. The monoisotopic (exact) mass is 804 g/mol. The van der Waals surface area contributed by atoms with Gasteiger partial charge in [0.05, 0.1) is 20.8 Å². The van der Waals surface area contributed by atoms with Crippen LogP contribution in [0, 0.1) is 23.7 Å². The van der Waals surface area contributed by atoms with E-state index in [1.54, 1.807) is 25.2 Å². The van der Waals surface area contributed by atoms with Crippen LogP contribution in [0.3, 0.4) is 0 Å². The summed E-state index contributed by atoms with van der Waals surface area (Å²) < 4.78 is 12.2. The van der Waals surface area contributed by atoms with Crippen LogP contribution in [0.2, 0.25) is 15.1 Å². The first-order valence-electron chi connectivity index (χ1n) is 18.9. The van der Waals surface area contributed by atoms with Gasteiger partial charge in [-0.1, -0.05) is 72.9 Å². The van der Waals surface area contributed by atoms with Crippen LogP contribution < -0.4 is 10.4 Å². The molecule has 3 aliphatic heterocycles. The fourth-order valence-corrected chi connectivity index (χ4v) is 10.3. The quantitative estimate of drug-likeness (QED) is 0.230. The summed E-state index contributed by atoms with van der Waals surface area (Å²) in [5, 5.41) is 31.0. The second-order valence-corrected chi connectivity index (χ2v) is 17.3. The van der Waals surface area contributed by atoms with E-state index in [1.165, 1.54) is 12.0 Å². The molecule has 2 aliphatic carbocycles. The van der Waals surface area contributed by atoms with Crippen molar-refractivity contribution in [3.8, 4) is 0 Å². The zero-order valence-corrected chi connectivity index (χ0v) is 33.7. The molecule has 5 aliphatic rings. The van der Waals surface area contributed by atoms with Crippen LogP contribution in [0.4, 0.5) is 5.69 Å². The van der Waals surface area contributed by atoms with Crippen molar-refractivity contribution in [1.82, 2.24) is 15.1 Å². The molecule has 0 radical (unpaired) electrons. The summed E-state index contributed by atoms with van der Waals surface area (Å²) in [6.07, 6.45) is 0.546. The molecule has 2 saturated heterocycles. The molecule has 1 saturated carbocycles. The number of benzene rings is 2. The van der Waals surface area contributed by atoms with Crippen molar-refractivity contribution in [2.45, 2.75) is 89.2 Å². The summed E-state index contributed by atoms with van der Waals surface area (Å²) in [4.78, 5) is 37.5. The topological polar surface area (TPSA) is 124 Å². The van der Waals surface area contributed by atoms with E-state index in [1.807, 2.05) is 32.0 Å². The minimum absolute atomic E-state index is 0.0464. The number of anilines is 1. The lowest BCUT2D eigenvalue weighted by atomic mass is 9.55. The Balaban J connectivity index is 1.07. The maximum absolute atomic E-state index is 14.2. The third-order valence-electron chi connectivity index (χ3n) is 12.6. The Bertz CT molecular complexity index is 1790. The second kappa shape index (κ2) is 15.5. The zero-order valence-electron chi connectivity index (χ0n) is 31.4. The Morgan fingerprint density at radius 1 is 1.02 bits per heavy atom. The number of esters is 2. The molecule has 294 valence electrons. The normalized spacial score (nSPS) is 34.7. The molecule has 1 unspecified atom stereocenters. The van der Waals surface area contributed by atoms with E-state index in [2.05, 4.69) is 28.1 Å². The molecule has 3 heterocycles. The van der Waals surface area contributed by atoms with Crippen molar-refractivity contribution in [3.05, 3.63) is 74.2 Å². The molecule has 3 N–H and O–H groups in total. The highest BCUT2D eigenvalue weighted by molar-refractivity contribution is 6.42. The van der Waals surface area contributed by atoms with Crippen LogP contribution in [-0.2, 0) is 36.0 Å². The molecule has 7 rings (SSSR count). The molecule has 0 spiro atoms. The molecule has 10 atom stereocenters. The van der Waals surface area contributed by atoms with Gasteiger partial charge >= 0.3 is 11.9 Å². The third-order valence-corrected chi connectivity index (χ3v) is 13.7. The lowest BCUT2D eigenvalue weighted by Gasteiger charge is -2.56. The van der Waals surface area contributed by atoms with Crippen molar-refractivity contribution in [3.63, 3.8) is 0 Å². The molecule has 0 bridgehead atoms. The largest absolute Gasteiger partial charge is 0.454 e. The van der Waals surface area contributed by atoms with E-state index in [9.17, 15) is 19.8 Å². The zero-order chi connectivity index (χ0) is 38.7. The van der Waals surface area contributed by atoms with Crippen LogP contribution in [0.25, 0.3) is 0 Å². The van der Waals surface area contributed by atoms with Gasteiger partial charge in [0, 0.05) is 71.1 Å². The molecule has 14 heteroatoms. The lowest BCUT2D eigenvalue weighted by molar-refractivity contribution is -0.225. The molecule has 54 heavy (non-hydrogen) atoms. The summed E-state index contributed by atoms with van der Waals surface area (Å²) in [6.45, 7) is 12.8. The van der Waals surface area contributed by atoms with Crippen molar-refractivity contribution in [2.75, 3.05) is 44.8 Å². The smallest absolute Gasteiger partial charge is 0.323 e. The van der Waals surface area contributed by atoms with Crippen LogP contribution in [0.1, 0.15) is 58.1 Å². The highest BCUT2D eigenvalue weighted by Crippen LogP contribution is 2.53. The van der Waals surface area contributed by atoms with Gasteiger partial charge < -0.3 is 24.6 Å². The van der Waals surface area contributed by atoms with Crippen LogP contribution in [-0.4, -0.2) is 102 Å². The van der Waals surface area contributed by atoms with Gasteiger partial charge in [-0.25, -0.2) is 0 Å². The van der Waals surface area contributed by atoms with Gasteiger partial charge in [-0.2, -0.15) is 0 Å². The fourth-order valence-electron chi connectivity index (χ4n) is 9.73. The minimum atomic E-state index is -1.57. The molecular formula is C40H51Cl3N4O7. The Kier molecular flexibility index (Phi) is 11.4. The summed E-state index contributed by atoms with van der Waals surface area (Å²) in [5.41, 5.74) is -0.145. The molecule has 11 nitrogen and oxygen atoms in total. The average Bonchev–Trinajstić information content (AvgIpc) is 3.47. The second-order valence-electron chi connectivity index (χ2n) is 16.1. The van der Waals surface area contributed by atoms with E-state index in [4.69, 9.17) is 49.1 Å². The molecule has 0 aromatic heterocycles. The van der Waals surface area contributed by atoms with E-state index >= 15 is 0 Å². The minimum Gasteiger partial charge on any atom is -0.454 e. The SMILES string of the molecule is CC(=O)O[C@@H]1C(C)=C[C@@H]2[C@H](C(C)CN3CCN(Cc4ccc(Cl)c(Cl)c4)CC3)CC[C@@H](C)[C@]2(O)[C@H]1OC(=O)[C@@H]1C[C@@]2(O)c3cccc(Cl)c3N(C)O[C@H]2N1. The Labute approximate surface area is 332 Å². The van der Waals surface area contributed by atoms with Crippen molar-refractivity contribution in [1.29, 1.82) is 0 Å². The van der Waals surface area contributed by atoms with Gasteiger partial charge in [-0.15, -0.1) is 0 Å². The van der Waals surface area contributed by atoms with E-state index in [-0.39, 0.29) is 30.1 Å². The molecule has 2 aromatic carbocycles. The number of halogens is 3. The van der Waals surface area contributed by atoms with Gasteiger partial charge in [-0.3, -0.25) is 29.7 Å². The number of aliphatic hydroxyl groups is 2. The highest BCUT2D eigenvalue weighted by atomic mass is 35.5. The van der Waals surface area contributed by atoms with Crippen molar-refractivity contribution >= 4 is 52.4 Å². The fraction of sp³-hybridized carbons (Fsp3) is 0.600. The maximum Gasteiger partial charge on any atom is 0.323 e. The maximum atomic E-state index is 14.2. The predicted octanol–water partition coefficient (Wildman–Crippen LogP) is 5.55. The average molecular weight is 806 g/mol. The number of piperazine rings is 1. The van der Waals surface area contributed by atoms with E-state index in [0.717, 1.165) is 56.8 Å². The Hall–Kier alpha value is -2.45. The van der Waals surface area contributed by atoms with Gasteiger partial charge in [0.1, 0.15) is 17.2 Å². The Morgan fingerprint density at radius 3 is 2.44 bits per heavy atom. The first-order chi connectivity index (χ1) is 25.6. The highest BCUT2D eigenvalue weighted by Gasteiger charge is 2.62. The number of carbonyl (C=O) groups excluding carboxylic acids is 2. The van der Waals surface area contributed by atoms with Gasteiger partial charge in [0.25, 0.3) is 0 Å². The summed E-state index contributed by atoms with van der Waals surface area (Å²) >= 11 is 18.9. The molecule has 0 amide bonds. The Morgan fingerprint density at radius 2 is 1.74 bits per heavy atom. The number of hydrogen-bond donors (Lipinski definition) is 3. The standard InChI is InChI=1S/C40H51Cl3N4O7/c1-22-17-29-27(23(2)20-46-13-15-47(16-14-46)21-26-10-12-30(41)32(43)18-26)11-9-24(3)40(29,51)36(35(22)52-25(4)48)53-37(49)33-19-39(50)28-7-6-8-31(42)34(28)45(5)54-38(39)44-33/h6-8,10,12,17-18,23-24,27,29,33,35-36,38,44,50-51H,9,11,13-16,19-21H2,1-5H3/t23?,24-,27+,29-,33+,35-,36+,38-,39-,40-/m1/s1. The van der Waals surface area contributed by atoms with Crippen molar-refractivity contribution in [2.24, 2.45) is 23.7 Å². The first kappa shape index (κ1) is 39.8. The number of nitrogens with one attached hydrogen (secondary N) is 1. The number of fused-ring (bicyclic) bond motifs is 4. The van der Waals surface area contributed by atoms with Gasteiger partial charge in [0.2, 0.25) is 0 Å².